The summed E-state index contributed by atoms with van der Waals surface area (Å²) in [5, 5.41) is 2.68. The SMILES string of the molecule is O=C(COc1coc(CN2CCOCC2)cc1=O)Nc1ccccc1. The van der Waals surface area contributed by atoms with Crippen LogP contribution in [0.5, 0.6) is 5.75 Å². The van der Waals surface area contributed by atoms with E-state index in [4.69, 9.17) is 13.9 Å². The van der Waals surface area contributed by atoms with Crippen molar-refractivity contribution >= 4 is 11.6 Å². The Labute approximate surface area is 145 Å². The molecule has 1 aromatic heterocycles. The van der Waals surface area contributed by atoms with E-state index >= 15 is 0 Å². The van der Waals surface area contributed by atoms with Crippen LogP contribution >= 0.6 is 0 Å². The maximum Gasteiger partial charge on any atom is 0.262 e. The van der Waals surface area contributed by atoms with Gasteiger partial charge in [-0.2, -0.15) is 0 Å². The Morgan fingerprint density at radius 1 is 1.20 bits per heavy atom. The molecule has 1 aromatic carbocycles. The largest absolute Gasteiger partial charge is 0.477 e. The first-order valence-electron chi connectivity index (χ1n) is 8.10. The second kappa shape index (κ2) is 8.46. The van der Waals surface area contributed by atoms with Crippen molar-refractivity contribution in [3.8, 4) is 5.75 Å². The van der Waals surface area contributed by atoms with Crippen LogP contribution in [0.4, 0.5) is 5.69 Å². The number of hydrogen-bond donors (Lipinski definition) is 1. The summed E-state index contributed by atoms with van der Waals surface area (Å²) in [7, 11) is 0. The maximum absolute atomic E-state index is 12.1. The van der Waals surface area contributed by atoms with Crippen LogP contribution in [0.15, 0.2) is 51.9 Å². The van der Waals surface area contributed by atoms with Gasteiger partial charge in [0.2, 0.25) is 11.2 Å². The predicted octanol–water partition coefficient (Wildman–Crippen LogP) is 1.49. The highest BCUT2D eigenvalue weighted by atomic mass is 16.5. The number of carbonyl (C=O) groups excluding carboxylic acids is 1. The van der Waals surface area contributed by atoms with Crippen molar-refractivity contribution in [3.63, 3.8) is 0 Å². The molecule has 2 heterocycles. The Bertz CT molecular complexity index is 754. The fourth-order valence-electron chi connectivity index (χ4n) is 2.47. The lowest BCUT2D eigenvalue weighted by Gasteiger charge is -2.25. The van der Waals surface area contributed by atoms with E-state index in [1.54, 1.807) is 12.1 Å². The second-order valence-corrected chi connectivity index (χ2v) is 5.67. The van der Waals surface area contributed by atoms with Crippen molar-refractivity contribution in [2.45, 2.75) is 6.54 Å². The van der Waals surface area contributed by atoms with Crippen LogP contribution in [-0.2, 0) is 16.1 Å². The third-order valence-electron chi connectivity index (χ3n) is 3.75. The third-order valence-corrected chi connectivity index (χ3v) is 3.75. The van der Waals surface area contributed by atoms with E-state index in [0.29, 0.717) is 31.2 Å². The first-order chi connectivity index (χ1) is 12.2. The fourth-order valence-corrected chi connectivity index (χ4v) is 2.47. The summed E-state index contributed by atoms with van der Waals surface area (Å²) in [5.74, 6) is 0.241. The van der Waals surface area contributed by atoms with Crippen molar-refractivity contribution in [2.75, 3.05) is 38.2 Å². The molecule has 7 heteroatoms. The number of anilines is 1. The maximum atomic E-state index is 12.1. The quantitative estimate of drug-likeness (QED) is 0.855. The van der Waals surface area contributed by atoms with Gasteiger partial charge < -0.3 is 19.2 Å². The Morgan fingerprint density at radius 3 is 2.68 bits per heavy atom. The van der Waals surface area contributed by atoms with Gasteiger partial charge in [0.05, 0.1) is 19.8 Å². The fraction of sp³-hybridized carbons (Fsp3) is 0.333. The van der Waals surface area contributed by atoms with Gasteiger partial charge in [-0.15, -0.1) is 0 Å². The van der Waals surface area contributed by atoms with Crippen LogP contribution in [0, 0.1) is 0 Å². The molecule has 7 nitrogen and oxygen atoms in total. The Hall–Kier alpha value is -2.64. The molecule has 1 aliphatic rings. The molecule has 0 aliphatic carbocycles. The number of rotatable bonds is 6. The number of morpholine rings is 1. The Kier molecular flexibility index (Phi) is 5.81. The van der Waals surface area contributed by atoms with E-state index in [1.807, 2.05) is 18.2 Å². The summed E-state index contributed by atoms with van der Waals surface area (Å²) in [6.45, 7) is 3.27. The van der Waals surface area contributed by atoms with Gasteiger partial charge in [-0.3, -0.25) is 14.5 Å². The van der Waals surface area contributed by atoms with Crippen molar-refractivity contribution < 1.29 is 18.7 Å². The summed E-state index contributed by atoms with van der Waals surface area (Å²) in [5.41, 5.74) is 0.367. The normalized spacial score (nSPS) is 14.9. The second-order valence-electron chi connectivity index (χ2n) is 5.67. The molecule has 0 spiro atoms. The minimum absolute atomic E-state index is 0.0222. The molecule has 2 aromatic rings. The molecule has 1 saturated heterocycles. The average molecular weight is 344 g/mol. The zero-order valence-electron chi connectivity index (χ0n) is 13.8. The zero-order valence-corrected chi connectivity index (χ0v) is 13.8. The lowest BCUT2D eigenvalue weighted by molar-refractivity contribution is -0.118. The van der Waals surface area contributed by atoms with Crippen LogP contribution in [0.2, 0.25) is 0 Å². The minimum Gasteiger partial charge on any atom is -0.477 e. The number of amides is 1. The van der Waals surface area contributed by atoms with E-state index in [1.165, 1.54) is 12.3 Å². The third kappa shape index (κ3) is 5.17. The predicted molar refractivity (Wildman–Crippen MR) is 91.6 cm³/mol. The average Bonchev–Trinajstić information content (AvgIpc) is 2.63. The summed E-state index contributed by atoms with van der Waals surface area (Å²) in [6, 6.07) is 10.4. The van der Waals surface area contributed by atoms with Crippen molar-refractivity contribution in [3.05, 3.63) is 58.6 Å². The van der Waals surface area contributed by atoms with Gasteiger partial charge in [-0.1, -0.05) is 18.2 Å². The molecule has 0 bridgehead atoms. The van der Waals surface area contributed by atoms with Gasteiger partial charge in [0.15, 0.2) is 6.61 Å². The van der Waals surface area contributed by atoms with Gasteiger partial charge >= 0.3 is 0 Å². The highest BCUT2D eigenvalue weighted by molar-refractivity contribution is 5.91. The van der Waals surface area contributed by atoms with Crippen LogP contribution in [0.3, 0.4) is 0 Å². The molecule has 132 valence electrons. The van der Waals surface area contributed by atoms with Crippen molar-refractivity contribution in [2.24, 2.45) is 0 Å². The van der Waals surface area contributed by atoms with Gasteiger partial charge in [-0.25, -0.2) is 0 Å². The van der Waals surface area contributed by atoms with E-state index in [9.17, 15) is 9.59 Å². The van der Waals surface area contributed by atoms with E-state index in [0.717, 1.165) is 13.1 Å². The highest BCUT2D eigenvalue weighted by Gasteiger charge is 2.14. The van der Waals surface area contributed by atoms with Crippen LogP contribution < -0.4 is 15.5 Å². The van der Waals surface area contributed by atoms with Crippen LogP contribution in [0.1, 0.15) is 5.76 Å². The standard InChI is InChI=1S/C18H20N2O5/c21-16-10-15(11-20-6-8-23-9-7-20)24-12-17(16)25-13-18(22)19-14-4-2-1-3-5-14/h1-5,10,12H,6-9,11,13H2,(H,19,22). The minimum atomic E-state index is -0.344. The molecule has 25 heavy (non-hydrogen) atoms. The topological polar surface area (TPSA) is 81.0 Å². The molecule has 1 aliphatic heterocycles. The van der Waals surface area contributed by atoms with E-state index < -0.39 is 0 Å². The molecule has 0 unspecified atom stereocenters. The molecule has 0 radical (unpaired) electrons. The first kappa shape index (κ1) is 17.2. The smallest absolute Gasteiger partial charge is 0.262 e. The van der Waals surface area contributed by atoms with E-state index in [-0.39, 0.29) is 23.7 Å². The number of carbonyl (C=O) groups is 1. The number of para-hydroxylation sites is 1. The molecule has 0 saturated carbocycles. The molecular weight excluding hydrogens is 324 g/mol. The van der Waals surface area contributed by atoms with Gasteiger partial charge in [0, 0.05) is 24.8 Å². The van der Waals surface area contributed by atoms with E-state index in [2.05, 4.69) is 10.2 Å². The summed E-state index contributed by atoms with van der Waals surface area (Å²) < 4.78 is 16.0. The Balaban J connectivity index is 1.52. The zero-order chi connectivity index (χ0) is 17.5. The van der Waals surface area contributed by atoms with Crippen molar-refractivity contribution in [1.82, 2.24) is 4.90 Å². The number of benzene rings is 1. The highest BCUT2D eigenvalue weighted by Crippen LogP contribution is 2.10. The molecule has 1 amide bonds. The lowest BCUT2D eigenvalue weighted by atomic mass is 10.3. The molecule has 0 atom stereocenters. The van der Waals surface area contributed by atoms with Gasteiger partial charge in [0.1, 0.15) is 12.0 Å². The van der Waals surface area contributed by atoms with Crippen LogP contribution in [0.25, 0.3) is 0 Å². The van der Waals surface area contributed by atoms with Gasteiger partial charge in [-0.05, 0) is 12.1 Å². The molecule has 1 N–H and O–H groups in total. The number of nitrogens with zero attached hydrogens (tertiary/aromatic N) is 1. The summed E-state index contributed by atoms with van der Waals surface area (Å²) in [6.07, 6.45) is 1.26. The monoisotopic (exact) mass is 344 g/mol. The summed E-state index contributed by atoms with van der Waals surface area (Å²) in [4.78, 5) is 26.1. The van der Waals surface area contributed by atoms with Crippen molar-refractivity contribution in [1.29, 1.82) is 0 Å². The van der Waals surface area contributed by atoms with Crippen LogP contribution in [-0.4, -0.2) is 43.7 Å². The number of ether oxygens (including phenoxy) is 2. The number of hydrogen-bond acceptors (Lipinski definition) is 6. The molecule has 3 rings (SSSR count). The molecule has 1 fully saturated rings. The number of nitrogens with one attached hydrogen (secondary N) is 1. The Morgan fingerprint density at radius 2 is 1.96 bits per heavy atom. The molecular formula is C18H20N2O5. The van der Waals surface area contributed by atoms with Gasteiger partial charge in [0.25, 0.3) is 5.91 Å². The summed E-state index contributed by atoms with van der Waals surface area (Å²) >= 11 is 0. The first-order valence-corrected chi connectivity index (χ1v) is 8.10. The lowest BCUT2D eigenvalue weighted by Crippen LogP contribution is -2.35.